The van der Waals surface area contributed by atoms with E-state index in [1.54, 1.807) is 0 Å². The van der Waals surface area contributed by atoms with Gasteiger partial charge in [-0.2, -0.15) is 0 Å². The molecule has 1 aliphatic heterocycles. The summed E-state index contributed by atoms with van der Waals surface area (Å²) in [6.45, 7) is 6.18. The van der Waals surface area contributed by atoms with Crippen molar-refractivity contribution in [1.82, 2.24) is 20.6 Å². The van der Waals surface area contributed by atoms with Crippen LogP contribution in [-0.4, -0.2) is 35.5 Å². The molecule has 1 aromatic heterocycles. The van der Waals surface area contributed by atoms with Gasteiger partial charge < -0.3 is 10.6 Å². The summed E-state index contributed by atoms with van der Waals surface area (Å²) in [6, 6.07) is 2.55. The van der Waals surface area contributed by atoms with Crippen molar-refractivity contribution < 1.29 is 9.18 Å². The van der Waals surface area contributed by atoms with Crippen LogP contribution in [-0.2, 0) is 0 Å². The van der Waals surface area contributed by atoms with E-state index in [-0.39, 0.29) is 11.5 Å². The molecule has 2 aromatic rings. The second-order valence-corrected chi connectivity index (χ2v) is 6.14. The highest BCUT2D eigenvalue weighted by atomic mass is 19.1. The highest BCUT2D eigenvalue weighted by Crippen LogP contribution is 2.19. The lowest BCUT2D eigenvalue weighted by Crippen LogP contribution is -2.38. The Balaban J connectivity index is 1.85. The van der Waals surface area contributed by atoms with E-state index in [4.69, 9.17) is 0 Å². The molecule has 0 spiro atoms. The van der Waals surface area contributed by atoms with Crippen LogP contribution >= 0.6 is 0 Å². The number of nitrogens with one attached hydrogen (secondary N) is 2. The molecule has 1 unspecified atom stereocenters. The summed E-state index contributed by atoms with van der Waals surface area (Å²) in [4.78, 5) is 21.3. The summed E-state index contributed by atoms with van der Waals surface area (Å²) in [5.74, 6) is -0.347. The number of hydrogen-bond donors (Lipinski definition) is 2. The summed E-state index contributed by atoms with van der Waals surface area (Å²) in [7, 11) is 0. The van der Waals surface area contributed by atoms with E-state index < -0.39 is 5.82 Å². The van der Waals surface area contributed by atoms with Crippen LogP contribution < -0.4 is 10.6 Å². The molecule has 1 aromatic carbocycles. The molecular weight excluding hydrogens is 295 g/mol. The molecule has 6 heteroatoms. The van der Waals surface area contributed by atoms with Crippen molar-refractivity contribution >= 4 is 16.9 Å². The summed E-state index contributed by atoms with van der Waals surface area (Å²) in [5, 5.41) is 6.23. The maximum absolute atomic E-state index is 13.8. The summed E-state index contributed by atoms with van der Waals surface area (Å²) in [6.07, 6.45) is 2.21. The monoisotopic (exact) mass is 316 g/mol. The number of piperidine rings is 1. The Bertz CT molecular complexity index is 741. The first-order valence-electron chi connectivity index (χ1n) is 7.98. The minimum absolute atomic E-state index is 0.249. The first kappa shape index (κ1) is 15.8. The maximum atomic E-state index is 13.8. The van der Waals surface area contributed by atoms with Gasteiger partial charge in [-0.3, -0.25) is 4.79 Å². The zero-order valence-corrected chi connectivity index (χ0v) is 13.4. The summed E-state index contributed by atoms with van der Waals surface area (Å²) < 4.78 is 13.8. The van der Waals surface area contributed by atoms with E-state index in [9.17, 15) is 9.18 Å². The first-order valence-corrected chi connectivity index (χ1v) is 7.98. The largest absolute Gasteiger partial charge is 0.352 e. The number of halogens is 1. The second-order valence-electron chi connectivity index (χ2n) is 6.14. The van der Waals surface area contributed by atoms with E-state index in [2.05, 4.69) is 20.6 Å². The Morgan fingerprint density at radius 2 is 2.13 bits per heavy atom. The summed E-state index contributed by atoms with van der Waals surface area (Å²) >= 11 is 0. The third-order valence-corrected chi connectivity index (χ3v) is 4.34. The SMILES string of the molecule is Cc1nc2cc(F)cc(C(=O)NCC3CCCNC3)c2nc1C. The number of amides is 1. The molecule has 1 saturated heterocycles. The Labute approximate surface area is 134 Å². The highest BCUT2D eigenvalue weighted by Gasteiger charge is 2.18. The van der Waals surface area contributed by atoms with Crippen LogP contribution in [0.2, 0.25) is 0 Å². The van der Waals surface area contributed by atoms with Gasteiger partial charge in [0.2, 0.25) is 0 Å². The molecule has 2 heterocycles. The van der Waals surface area contributed by atoms with Crippen LogP contribution in [0.15, 0.2) is 12.1 Å². The van der Waals surface area contributed by atoms with Gasteiger partial charge >= 0.3 is 0 Å². The Morgan fingerprint density at radius 3 is 2.87 bits per heavy atom. The summed E-state index contributed by atoms with van der Waals surface area (Å²) in [5.41, 5.74) is 2.60. The van der Waals surface area contributed by atoms with Gasteiger partial charge in [0, 0.05) is 12.6 Å². The molecule has 3 rings (SSSR count). The van der Waals surface area contributed by atoms with Gasteiger partial charge in [0.1, 0.15) is 11.3 Å². The molecule has 2 N–H and O–H groups in total. The number of aryl methyl sites for hydroxylation is 2. The molecule has 1 amide bonds. The predicted molar refractivity (Wildman–Crippen MR) is 86.9 cm³/mol. The standard InChI is InChI=1S/C17H21FN4O/c1-10-11(2)22-16-14(6-13(18)7-15(16)21-10)17(23)20-9-12-4-3-5-19-8-12/h6-7,12,19H,3-5,8-9H2,1-2H3,(H,20,23). The number of hydrogen-bond acceptors (Lipinski definition) is 4. The van der Waals surface area contributed by atoms with Crippen LogP contribution in [0, 0.1) is 25.6 Å². The van der Waals surface area contributed by atoms with E-state index in [0.717, 1.165) is 37.3 Å². The fraction of sp³-hybridized carbons (Fsp3) is 0.471. The molecule has 1 aliphatic rings. The Hall–Kier alpha value is -2.08. The lowest BCUT2D eigenvalue weighted by Gasteiger charge is -2.23. The quantitative estimate of drug-likeness (QED) is 0.910. The second kappa shape index (κ2) is 6.58. The molecule has 23 heavy (non-hydrogen) atoms. The molecule has 1 fully saturated rings. The van der Waals surface area contributed by atoms with Crippen molar-refractivity contribution in [2.45, 2.75) is 26.7 Å². The van der Waals surface area contributed by atoms with Gasteiger partial charge in [-0.15, -0.1) is 0 Å². The minimum Gasteiger partial charge on any atom is -0.352 e. The van der Waals surface area contributed by atoms with Crippen LogP contribution in [0.25, 0.3) is 11.0 Å². The first-order chi connectivity index (χ1) is 11.0. The molecule has 1 atom stereocenters. The number of carbonyl (C=O) groups is 1. The van der Waals surface area contributed by atoms with Crippen LogP contribution in [0.5, 0.6) is 0 Å². The van der Waals surface area contributed by atoms with Crippen LogP contribution in [0.3, 0.4) is 0 Å². The average Bonchev–Trinajstić information content (AvgIpc) is 2.54. The van der Waals surface area contributed by atoms with Gasteiger partial charge in [0.25, 0.3) is 5.91 Å². The fourth-order valence-corrected chi connectivity index (χ4v) is 2.90. The number of carbonyl (C=O) groups excluding carboxylic acids is 1. The maximum Gasteiger partial charge on any atom is 0.253 e. The van der Waals surface area contributed by atoms with Crippen molar-refractivity contribution in [2.75, 3.05) is 19.6 Å². The molecule has 0 bridgehead atoms. The van der Waals surface area contributed by atoms with Crippen molar-refractivity contribution in [3.05, 3.63) is 34.9 Å². The number of aromatic nitrogens is 2. The number of fused-ring (bicyclic) bond motifs is 1. The molecular formula is C17H21FN4O. The van der Waals surface area contributed by atoms with E-state index >= 15 is 0 Å². The van der Waals surface area contributed by atoms with Gasteiger partial charge in [-0.25, -0.2) is 14.4 Å². The van der Waals surface area contributed by atoms with E-state index in [1.165, 1.54) is 12.1 Å². The molecule has 122 valence electrons. The predicted octanol–water partition coefficient (Wildman–Crippen LogP) is 2.12. The third-order valence-electron chi connectivity index (χ3n) is 4.34. The average molecular weight is 316 g/mol. The lowest BCUT2D eigenvalue weighted by atomic mass is 9.99. The van der Waals surface area contributed by atoms with Crippen molar-refractivity contribution in [3.8, 4) is 0 Å². The fourth-order valence-electron chi connectivity index (χ4n) is 2.90. The normalized spacial score (nSPS) is 18.1. The van der Waals surface area contributed by atoms with Gasteiger partial charge in [-0.1, -0.05) is 0 Å². The number of nitrogens with zero attached hydrogens (tertiary/aromatic N) is 2. The van der Waals surface area contributed by atoms with Gasteiger partial charge in [-0.05, 0) is 51.8 Å². The number of benzene rings is 1. The van der Waals surface area contributed by atoms with Gasteiger partial charge in [0.15, 0.2) is 0 Å². The van der Waals surface area contributed by atoms with Crippen molar-refractivity contribution in [2.24, 2.45) is 5.92 Å². The minimum atomic E-state index is -0.473. The Morgan fingerprint density at radius 1 is 1.35 bits per heavy atom. The topological polar surface area (TPSA) is 66.9 Å². The lowest BCUT2D eigenvalue weighted by molar-refractivity contribution is 0.0946. The van der Waals surface area contributed by atoms with Crippen LogP contribution in [0.4, 0.5) is 4.39 Å². The Kier molecular flexibility index (Phi) is 4.52. The highest BCUT2D eigenvalue weighted by molar-refractivity contribution is 6.04. The smallest absolute Gasteiger partial charge is 0.253 e. The van der Waals surface area contributed by atoms with E-state index in [1.807, 2.05) is 13.8 Å². The molecule has 0 aliphatic carbocycles. The zero-order chi connectivity index (χ0) is 16.4. The number of rotatable bonds is 3. The third kappa shape index (κ3) is 3.47. The van der Waals surface area contributed by atoms with E-state index in [0.29, 0.717) is 23.5 Å². The molecule has 5 nitrogen and oxygen atoms in total. The van der Waals surface area contributed by atoms with Crippen molar-refractivity contribution in [1.29, 1.82) is 0 Å². The molecule has 0 radical (unpaired) electrons. The zero-order valence-electron chi connectivity index (χ0n) is 13.4. The van der Waals surface area contributed by atoms with Gasteiger partial charge in [0.05, 0.1) is 22.5 Å². The molecule has 0 saturated carbocycles. The van der Waals surface area contributed by atoms with Crippen LogP contribution in [0.1, 0.15) is 34.6 Å². The van der Waals surface area contributed by atoms with Crippen molar-refractivity contribution in [3.63, 3.8) is 0 Å².